The fraction of sp³-hybridized carbons (Fsp3) is 0.412. The molecule has 1 aliphatic heterocycles. The summed E-state index contributed by atoms with van der Waals surface area (Å²) < 4.78 is 0. The van der Waals surface area contributed by atoms with E-state index in [4.69, 9.17) is 0 Å². The van der Waals surface area contributed by atoms with Crippen LogP contribution in [0.25, 0.3) is 10.8 Å². The van der Waals surface area contributed by atoms with E-state index in [9.17, 15) is 4.79 Å². The zero-order chi connectivity index (χ0) is 14.2. The molecule has 2 aliphatic rings. The molecule has 4 rings (SSSR count). The molecule has 1 saturated heterocycles. The molecule has 21 heavy (non-hydrogen) atoms. The molecular formula is C17H19N3O. The first kappa shape index (κ1) is 12.8. The van der Waals surface area contributed by atoms with Gasteiger partial charge in [0.15, 0.2) is 0 Å². The maximum absolute atomic E-state index is 12.6. The summed E-state index contributed by atoms with van der Waals surface area (Å²) in [5, 5.41) is 8.61. The minimum absolute atomic E-state index is 0.0328. The number of aromatic nitrogens is 1. The summed E-state index contributed by atoms with van der Waals surface area (Å²) in [4.78, 5) is 16.7. The highest BCUT2D eigenvalue weighted by molar-refractivity contribution is 6.03. The van der Waals surface area contributed by atoms with Crippen LogP contribution >= 0.6 is 0 Å². The molecule has 108 valence electrons. The van der Waals surface area contributed by atoms with Crippen molar-refractivity contribution in [3.63, 3.8) is 0 Å². The Morgan fingerprint density at radius 1 is 1.29 bits per heavy atom. The maximum atomic E-state index is 12.6. The predicted octanol–water partition coefficient (Wildman–Crippen LogP) is 2.56. The van der Waals surface area contributed by atoms with Gasteiger partial charge in [-0.05, 0) is 43.4 Å². The second-order valence-electron chi connectivity index (χ2n) is 6.13. The smallest absolute Gasteiger partial charge is 0.241 e. The number of carbonyl (C=O) groups excluding carboxylic acids is 1. The number of nitrogens with one attached hydrogen (secondary N) is 2. The monoisotopic (exact) mass is 281 g/mol. The summed E-state index contributed by atoms with van der Waals surface area (Å²) >= 11 is 0. The zero-order valence-corrected chi connectivity index (χ0v) is 11.9. The Labute approximate surface area is 124 Å². The average Bonchev–Trinajstić information content (AvgIpc) is 3.10. The molecule has 2 aromatic rings. The molecule has 2 N–H and O–H groups in total. The summed E-state index contributed by atoms with van der Waals surface area (Å²) in [6.07, 6.45) is 7.29. The lowest BCUT2D eigenvalue weighted by atomic mass is 9.93. The van der Waals surface area contributed by atoms with E-state index >= 15 is 0 Å². The number of hydrogen-bond donors (Lipinski definition) is 2. The molecule has 2 fully saturated rings. The summed E-state index contributed by atoms with van der Waals surface area (Å²) in [5.41, 5.74) is 0.878. The van der Waals surface area contributed by atoms with Crippen LogP contribution in [0.4, 0.5) is 5.69 Å². The van der Waals surface area contributed by atoms with Crippen LogP contribution in [-0.2, 0) is 4.79 Å². The van der Waals surface area contributed by atoms with Crippen molar-refractivity contribution in [2.24, 2.45) is 11.8 Å². The molecule has 3 unspecified atom stereocenters. The van der Waals surface area contributed by atoms with Crippen molar-refractivity contribution in [3.8, 4) is 0 Å². The molecule has 4 heteroatoms. The van der Waals surface area contributed by atoms with Crippen LogP contribution in [0.5, 0.6) is 0 Å². The molecule has 4 nitrogen and oxygen atoms in total. The number of benzene rings is 1. The van der Waals surface area contributed by atoms with Crippen LogP contribution in [0.1, 0.15) is 19.3 Å². The second kappa shape index (κ2) is 5.11. The molecule has 3 atom stereocenters. The van der Waals surface area contributed by atoms with Crippen molar-refractivity contribution in [2.45, 2.75) is 25.3 Å². The lowest BCUT2D eigenvalue weighted by molar-refractivity contribution is -0.118. The Bertz CT molecular complexity index is 679. The molecule has 0 radical (unpaired) electrons. The number of rotatable bonds is 2. The summed E-state index contributed by atoms with van der Waals surface area (Å²) in [7, 11) is 0. The minimum atomic E-state index is -0.0328. The fourth-order valence-corrected chi connectivity index (χ4v) is 3.92. The quantitative estimate of drug-likeness (QED) is 0.889. The highest BCUT2D eigenvalue weighted by Crippen LogP contribution is 2.38. The third kappa shape index (κ3) is 2.20. The number of anilines is 1. The third-order valence-electron chi connectivity index (χ3n) is 4.97. The molecule has 1 saturated carbocycles. The molecule has 1 aliphatic carbocycles. The van der Waals surface area contributed by atoms with E-state index < -0.39 is 0 Å². The Balaban J connectivity index is 1.58. The summed E-state index contributed by atoms with van der Waals surface area (Å²) in [6.45, 7) is 0.988. The predicted molar refractivity (Wildman–Crippen MR) is 83.0 cm³/mol. The zero-order valence-electron chi connectivity index (χ0n) is 11.9. The van der Waals surface area contributed by atoms with Crippen LogP contribution in [0.3, 0.4) is 0 Å². The van der Waals surface area contributed by atoms with Gasteiger partial charge in [-0.3, -0.25) is 9.78 Å². The van der Waals surface area contributed by atoms with Gasteiger partial charge >= 0.3 is 0 Å². The first-order valence-corrected chi connectivity index (χ1v) is 7.70. The van der Waals surface area contributed by atoms with Gasteiger partial charge in [0.2, 0.25) is 5.91 Å². The average molecular weight is 281 g/mol. The van der Waals surface area contributed by atoms with Crippen molar-refractivity contribution in [2.75, 3.05) is 11.9 Å². The first-order valence-electron chi connectivity index (χ1n) is 7.70. The SMILES string of the molecule is O=C(Nc1cccc2cnccc12)C1NCC2CCCC21. The number of carbonyl (C=O) groups is 1. The van der Waals surface area contributed by atoms with Crippen molar-refractivity contribution in [1.29, 1.82) is 0 Å². The van der Waals surface area contributed by atoms with E-state index in [1.807, 2.05) is 30.5 Å². The number of pyridine rings is 1. The molecule has 1 aromatic heterocycles. The number of hydrogen-bond acceptors (Lipinski definition) is 3. The van der Waals surface area contributed by atoms with Crippen molar-refractivity contribution in [1.82, 2.24) is 10.3 Å². The van der Waals surface area contributed by atoms with Gasteiger partial charge in [0.1, 0.15) is 0 Å². The normalized spacial score (nSPS) is 27.7. The Morgan fingerprint density at radius 2 is 2.24 bits per heavy atom. The molecule has 1 amide bonds. The lowest BCUT2D eigenvalue weighted by Crippen LogP contribution is -2.39. The van der Waals surface area contributed by atoms with Crippen molar-refractivity contribution >= 4 is 22.4 Å². The van der Waals surface area contributed by atoms with E-state index in [1.165, 1.54) is 19.3 Å². The van der Waals surface area contributed by atoms with E-state index in [-0.39, 0.29) is 11.9 Å². The van der Waals surface area contributed by atoms with E-state index in [0.29, 0.717) is 11.8 Å². The van der Waals surface area contributed by atoms with Gasteiger partial charge in [0, 0.05) is 28.9 Å². The Morgan fingerprint density at radius 3 is 3.19 bits per heavy atom. The molecular weight excluding hydrogens is 262 g/mol. The van der Waals surface area contributed by atoms with E-state index in [1.54, 1.807) is 6.20 Å². The van der Waals surface area contributed by atoms with Crippen molar-refractivity contribution < 1.29 is 4.79 Å². The largest absolute Gasteiger partial charge is 0.324 e. The third-order valence-corrected chi connectivity index (χ3v) is 4.97. The van der Waals surface area contributed by atoms with Gasteiger partial charge < -0.3 is 10.6 Å². The van der Waals surface area contributed by atoms with Gasteiger partial charge in [-0.25, -0.2) is 0 Å². The molecule has 0 bridgehead atoms. The van der Waals surface area contributed by atoms with Crippen LogP contribution in [0, 0.1) is 11.8 Å². The summed E-state index contributed by atoms with van der Waals surface area (Å²) in [6, 6.07) is 7.85. The second-order valence-corrected chi connectivity index (χ2v) is 6.13. The fourth-order valence-electron chi connectivity index (χ4n) is 3.92. The van der Waals surface area contributed by atoms with Crippen molar-refractivity contribution in [3.05, 3.63) is 36.7 Å². The van der Waals surface area contributed by atoms with Gasteiger partial charge in [0.05, 0.1) is 6.04 Å². The highest BCUT2D eigenvalue weighted by Gasteiger charge is 2.42. The Kier molecular flexibility index (Phi) is 3.11. The topological polar surface area (TPSA) is 54.0 Å². The standard InChI is InChI=1S/C17H19N3O/c21-17(16-14-5-1-3-12(14)10-19-16)20-15-6-2-4-11-9-18-8-7-13(11)15/h2,4,6-9,12,14,16,19H,1,3,5,10H2,(H,20,21). The van der Waals surface area contributed by atoms with E-state index in [2.05, 4.69) is 15.6 Å². The van der Waals surface area contributed by atoms with Crippen LogP contribution < -0.4 is 10.6 Å². The van der Waals surface area contributed by atoms with Crippen LogP contribution in [-0.4, -0.2) is 23.5 Å². The molecule has 0 spiro atoms. The number of nitrogens with zero attached hydrogens (tertiary/aromatic N) is 1. The van der Waals surface area contributed by atoms with Crippen LogP contribution in [0.15, 0.2) is 36.7 Å². The van der Waals surface area contributed by atoms with Gasteiger partial charge in [-0.15, -0.1) is 0 Å². The van der Waals surface area contributed by atoms with E-state index in [0.717, 1.165) is 23.0 Å². The highest BCUT2D eigenvalue weighted by atomic mass is 16.2. The number of fused-ring (bicyclic) bond motifs is 2. The first-order chi connectivity index (χ1) is 10.3. The minimum Gasteiger partial charge on any atom is -0.324 e. The Hall–Kier alpha value is -1.94. The molecule has 1 aromatic carbocycles. The van der Waals surface area contributed by atoms with Gasteiger partial charge in [-0.1, -0.05) is 18.6 Å². The number of amides is 1. The lowest BCUT2D eigenvalue weighted by Gasteiger charge is -2.18. The van der Waals surface area contributed by atoms with Crippen LogP contribution in [0.2, 0.25) is 0 Å². The van der Waals surface area contributed by atoms with Gasteiger partial charge in [0.25, 0.3) is 0 Å². The van der Waals surface area contributed by atoms with Gasteiger partial charge in [-0.2, -0.15) is 0 Å². The summed E-state index contributed by atoms with van der Waals surface area (Å²) in [5.74, 6) is 1.31. The molecule has 2 heterocycles. The maximum Gasteiger partial charge on any atom is 0.241 e.